The first-order chi connectivity index (χ1) is 15.8. The van der Waals surface area contributed by atoms with Gasteiger partial charge in [-0.3, -0.25) is 4.79 Å². The number of aromatic nitrogens is 5. The van der Waals surface area contributed by atoms with Crippen LogP contribution in [0.1, 0.15) is 40.5 Å². The quantitative estimate of drug-likeness (QED) is 0.391. The Hall–Kier alpha value is -3.41. The van der Waals surface area contributed by atoms with Gasteiger partial charge in [0.2, 0.25) is 0 Å². The van der Waals surface area contributed by atoms with Gasteiger partial charge in [-0.25, -0.2) is 14.2 Å². The number of carbonyl (C=O) groups is 1. The van der Waals surface area contributed by atoms with E-state index in [4.69, 9.17) is 4.74 Å². The minimum atomic E-state index is -4.62. The monoisotopic (exact) mass is 520 g/mol. The van der Waals surface area contributed by atoms with Crippen molar-refractivity contribution in [3.63, 3.8) is 0 Å². The lowest BCUT2D eigenvalue weighted by molar-refractivity contribution is -0.142. The first kappa shape index (κ1) is 21.4. The summed E-state index contributed by atoms with van der Waals surface area (Å²) in [5.74, 6) is -0.0125. The van der Waals surface area contributed by atoms with Gasteiger partial charge in [0.1, 0.15) is 17.0 Å². The molecule has 0 spiro atoms. The van der Waals surface area contributed by atoms with Crippen LogP contribution < -0.4 is 10.1 Å². The fraction of sp³-hybridized carbons (Fsp3) is 0.238. The summed E-state index contributed by atoms with van der Waals surface area (Å²) >= 11 is 3.35. The molecule has 3 aromatic heterocycles. The molecule has 1 saturated carbocycles. The van der Waals surface area contributed by atoms with E-state index in [-0.39, 0.29) is 23.9 Å². The highest BCUT2D eigenvalue weighted by Crippen LogP contribution is 2.41. The van der Waals surface area contributed by atoms with Crippen LogP contribution in [0.15, 0.2) is 53.4 Å². The zero-order valence-corrected chi connectivity index (χ0v) is 18.5. The second-order valence-electron chi connectivity index (χ2n) is 7.58. The van der Waals surface area contributed by atoms with Crippen LogP contribution in [0.3, 0.4) is 0 Å². The van der Waals surface area contributed by atoms with Crippen molar-refractivity contribution in [3.8, 4) is 5.75 Å². The molecule has 1 N–H and O–H groups in total. The molecule has 0 unspecified atom stereocenters. The number of alkyl halides is 3. The van der Waals surface area contributed by atoms with Gasteiger partial charge in [0.05, 0.1) is 24.3 Å². The number of halogens is 4. The van der Waals surface area contributed by atoms with Gasteiger partial charge in [0, 0.05) is 16.1 Å². The largest absolute Gasteiger partial charge is 0.471 e. The first-order valence-corrected chi connectivity index (χ1v) is 10.8. The standard InChI is InChI=1S/C21H16BrF3N6O2/c22-13-3-5-15(6-4-13)33-11-30-10-14(8-26-30)28-20(32)16-9-27-31-18(21(23,24)25)7-17(12-1-2-12)29-19(16)31/h3-10,12H,1-2,11H2,(H,28,32). The Labute approximate surface area is 193 Å². The Balaban J connectivity index is 1.34. The molecule has 8 nitrogen and oxygen atoms in total. The molecule has 170 valence electrons. The number of amides is 1. The number of hydrogen-bond acceptors (Lipinski definition) is 5. The Morgan fingerprint density at radius 2 is 1.94 bits per heavy atom. The maximum atomic E-state index is 13.5. The summed E-state index contributed by atoms with van der Waals surface area (Å²) in [5, 5.41) is 10.5. The van der Waals surface area contributed by atoms with Gasteiger partial charge in [-0.05, 0) is 43.2 Å². The highest BCUT2D eigenvalue weighted by atomic mass is 79.9. The van der Waals surface area contributed by atoms with Gasteiger partial charge in [0.25, 0.3) is 5.91 Å². The number of nitrogens with one attached hydrogen (secondary N) is 1. The Morgan fingerprint density at radius 3 is 2.64 bits per heavy atom. The molecule has 1 aliphatic rings. The summed E-state index contributed by atoms with van der Waals surface area (Å²) in [4.78, 5) is 17.1. The maximum absolute atomic E-state index is 13.5. The molecule has 0 saturated heterocycles. The molecule has 0 bridgehead atoms. The summed E-state index contributed by atoms with van der Waals surface area (Å²) in [6.07, 6.45) is 0.978. The van der Waals surface area contributed by atoms with E-state index in [0.717, 1.165) is 29.6 Å². The summed E-state index contributed by atoms with van der Waals surface area (Å²) in [7, 11) is 0. The van der Waals surface area contributed by atoms with E-state index >= 15 is 0 Å². The van der Waals surface area contributed by atoms with Gasteiger partial charge in [-0.15, -0.1) is 0 Å². The molecule has 33 heavy (non-hydrogen) atoms. The lowest BCUT2D eigenvalue weighted by Crippen LogP contribution is -2.16. The molecule has 0 atom stereocenters. The molecule has 4 aromatic rings. The van der Waals surface area contributed by atoms with Crippen LogP contribution in [-0.2, 0) is 12.9 Å². The Morgan fingerprint density at radius 1 is 1.18 bits per heavy atom. The van der Waals surface area contributed by atoms with Gasteiger partial charge in [-0.2, -0.15) is 23.4 Å². The van der Waals surface area contributed by atoms with Gasteiger partial charge < -0.3 is 10.1 Å². The van der Waals surface area contributed by atoms with Crippen LogP contribution in [0, 0.1) is 0 Å². The molecule has 5 rings (SSSR count). The van der Waals surface area contributed by atoms with E-state index in [1.807, 2.05) is 12.1 Å². The molecular formula is C21H16BrF3N6O2. The van der Waals surface area contributed by atoms with Crippen molar-refractivity contribution < 1.29 is 22.7 Å². The highest BCUT2D eigenvalue weighted by Gasteiger charge is 2.38. The molecule has 1 fully saturated rings. The van der Waals surface area contributed by atoms with Crippen LogP contribution >= 0.6 is 15.9 Å². The number of nitrogens with zero attached hydrogens (tertiary/aromatic N) is 5. The number of hydrogen-bond donors (Lipinski definition) is 1. The van der Waals surface area contributed by atoms with Crippen LogP contribution in [0.5, 0.6) is 5.75 Å². The van der Waals surface area contributed by atoms with Crippen molar-refractivity contribution in [2.75, 3.05) is 5.32 Å². The summed E-state index contributed by atoms with van der Waals surface area (Å²) in [6, 6.07) is 8.27. The third-order valence-corrected chi connectivity index (χ3v) is 5.62. The lowest BCUT2D eigenvalue weighted by Gasteiger charge is -2.11. The minimum Gasteiger partial charge on any atom is -0.471 e. The number of carbonyl (C=O) groups excluding carboxylic acids is 1. The van der Waals surface area contributed by atoms with Crippen LogP contribution in [0.2, 0.25) is 0 Å². The topological polar surface area (TPSA) is 86.3 Å². The van der Waals surface area contributed by atoms with E-state index < -0.39 is 17.8 Å². The van der Waals surface area contributed by atoms with Crippen molar-refractivity contribution in [1.82, 2.24) is 24.4 Å². The molecule has 3 heterocycles. The number of benzene rings is 1. The lowest BCUT2D eigenvalue weighted by atomic mass is 10.2. The van der Waals surface area contributed by atoms with E-state index in [9.17, 15) is 18.0 Å². The second kappa shape index (κ2) is 8.18. The van der Waals surface area contributed by atoms with Gasteiger partial charge >= 0.3 is 6.18 Å². The molecule has 1 aromatic carbocycles. The summed E-state index contributed by atoms with van der Waals surface area (Å²) in [5.41, 5.74) is -0.459. The first-order valence-electron chi connectivity index (χ1n) is 9.96. The SMILES string of the molecule is O=C(Nc1cnn(COc2ccc(Br)cc2)c1)c1cnn2c(C(F)(F)F)cc(C3CC3)nc12. The van der Waals surface area contributed by atoms with Crippen LogP contribution in [0.25, 0.3) is 5.65 Å². The Kier molecular flexibility index (Phi) is 5.31. The van der Waals surface area contributed by atoms with Gasteiger partial charge in [-0.1, -0.05) is 15.9 Å². The normalized spacial score (nSPS) is 13.9. The van der Waals surface area contributed by atoms with Crippen molar-refractivity contribution >= 4 is 33.2 Å². The second-order valence-corrected chi connectivity index (χ2v) is 8.50. The zero-order chi connectivity index (χ0) is 23.2. The zero-order valence-electron chi connectivity index (χ0n) is 16.9. The number of ether oxygens (including phenoxy) is 1. The predicted octanol–water partition coefficient (Wildman–Crippen LogP) is 4.87. The van der Waals surface area contributed by atoms with Crippen LogP contribution in [-0.4, -0.2) is 30.3 Å². The number of rotatable bonds is 6. The third-order valence-electron chi connectivity index (χ3n) is 5.09. The Bertz CT molecular complexity index is 1330. The molecule has 12 heteroatoms. The molecular weight excluding hydrogens is 505 g/mol. The fourth-order valence-corrected chi connectivity index (χ4v) is 3.56. The van der Waals surface area contributed by atoms with Crippen molar-refractivity contribution in [3.05, 3.63) is 70.3 Å². The minimum absolute atomic E-state index is 0.0223. The predicted molar refractivity (Wildman–Crippen MR) is 115 cm³/mol. The van der Waals surface area contributed by atoms with E-state index in [1.165, 1.54) is 10.9 Å². The highest BCUT2D eigenvalue weighted by molar-refractivity contribution is 9.10. The van der Waals surface area contributed by atoms with Gasteiger partial charge in [0.15, 0.2) is 12.4 Å². The molecule has 1 amide bonds. The summed E-state index contributed by atoms with van der Waals surface area (Å²) < 4.78 is 49.3. The van der Waals surface area contributed by atoms with Crippen molar-refractivity contribution in [2.45, 2.75) is 31.7 Å². The van der Waals surface area contributed by atoms with E-state index in [1.54, 1.807) is 18.3 Å². The van der Waals surface area contributed by atoms with E-state index in [2.05, 4.69) is 36.4 Å². The number of fused-ring (bicyclic) bond motifs is 1. The van der Waals surface area contributed by atoms with E-state index in [0.29, 0.717) is 21.6 Å². The van der Waals surface area contributed by atoms with Crippen molar-refractivity contribution in [1.29, 1.82) is 0 Å². The summed E-state index contributed by atoms with van der Waals surface area (Å²) in [6.45, 7) is 0.107. The smallest absolute Gasteiger partial charge is 0.433 e. The fourth-order valence-electron chi connectivity index (χ4n) is 3.30. The molecule has 0 radical (unpaired) electrons. The average molecular weight is 521 g/mol. The number of anilines is 1. The van der Waals surface area contributed by atoms with Crippen LogP contribution in [0.4, 0.5) is 18.9 Å². The van der Waals surface area contributed by atoms with Crippen molar-refractivity contribution in [2.24, 2.45) is 0 Å². The average Bonchev–Trinajstić information content (AvgIpc) is 3.38. The third kappa shape index (κ3) is 4.56. The molecule has 0 aliphatic heterocycles. The maximum Gasteiger partial charge on any atom is 0.433 e. The molecule has 1 aliphatic carbocycles.